The summed E-state index contributed by atoms with van der Waals surface area (Å²) in [5.74, 6) is -0.306. The molecule has 0 saturated carbocycles. The van der Waals surface area contributed by atoms with Crippen molar-refractivity contribution < 1.29 is 14.0 Å². The first-order valence-electron chi connectivity index (χ1n) is 10.4. The summed E-state index contributed by atoms with van der Waals surface area (Å²) in [5, 5.41) is 3.83. The van der Waals surface area contributed by atoms with Crippen molar-refractivity contribution in [2.45, 2.75) is 20.3 Å². The minimum Gasteiger partial charge on any atom is -0.339 e. The standard InChI is InChI=1S/C24H25FN4O2/c1-16-20-5-3-4-6-22(20)26-17(2)21(16)15-23(30)28-11-13-29(14-12-28)24(31)27-19-9-7-18(25)8-10-19/h3-10H,11-15H2,1-2H3,(H,27,31). The normalized spacial score (nSPS) is 14.0. The molecule has 1 aliphatic rings. The van der Waals surface area contributed by atoms with Crippen molar-refractivity contribution in [3.63, 3.8) is 0 Å². The number of hydrogen-bond donors (Lipinski definition) is 1. The quantitative estimate of drug-likeness (QED) is 0.699. The monoisotopic (exact) mass is 420 g/mol. The third kappa shape index (κ3) is 4.50. The van der Waals surface area contributed by atoms with E-state index in [1.54, 1.807) is 9.80 Å². The largest absolute Gasteiger partial charge is 0.339 e. The van der Waals surface area contributed by atoms with Gasteiger partial charge in [0.2, 0.25) is 5.91 Å². The molecule has 31 heavy (non-hydrogen) atoms. The zero-order valence-corrected chi connectivity index (χ0v) is 17.7. The van der Waals surface area contributed by atoms with E-state index >= 15 is 0 Å². The minimum absolute atomic E-state index is 0.0434. The molecule has 1 fully saturated rings. The molecule has 2 aromatic carbocycles. The number of aryl methyl sites for hydroxylation is 2. The van der Waals surface area contributed by atoms with Crippen molar-refractivity contribution in [1.29, 1.82) is 0 Å². The van der Waals surface area contributed by atoms with Crippen LogP contribution in [-0.2, 0) is 11.2 Å². The third-order valence-corrected chi connectivity index (χ3v) is 5.83. The van der Waals surface area contributed by atoms with Crippen LogP contribution >= 0.6 is 0 Å². The van der Waals surface area contributed by atoms with Gasteiger partial charge in [-0.3, -0.25) is 9.78 Å². The molecule has 4 rings (SSSR count). The number of aromatic nitrogens is 1. The number of carbonyl (C=O) groups excluding carboxylic acids is 2. The Bertz CT molecular complexity index is 1120. The van der Waals surface area contributed by atoms with E-state index in [2.05, 4.69) is 10.3 Å². The van der Waals surface area contributed by atoms with Crippen molar-refractivity contribution in [3.05, 3.63) is 71.2 Å². The second-order valence-electron chi connectivity index (χ2n) is 7.80. The van der Waals surface area contributed by atoms with E-state index in [1.807, 2.05) is 38.1 Å². The van der Waals surface area contributed by atoms with E-state index in [-0.39, 0.29) is 17.8 Å². The molecule has 0 spiro atoms. The van der Waals surface area contributed by atoms with Crippen LogP contribution in [0.3, 0.4) is 0 Å². The summed E-state index contributed by atoms with van der Waals surface area (Å²) in [6, 6.07) is 13.4. The molecule has 6 nitrogen and oxygen atoms in total. The van der Waals surface area contributed by atoms with Crippen molar-refractivity contribution in [2.24, 2.45) is 0 Å². The molecule has 1 saturated heterocycles. The lowest BCUT2D eigenvalue weighted by Crippen LogP contribution is -2.52. The fourth-order valence-electron chi connectivity index (χ4n) is 3.99. The van der Waals surface area contributed by atoms with Gasteiger partial charge in [0.25, 0.3) is 0 Å². The molecule has 2 heterocycles. The van der Waals surface area contributed by atoms with Crippen molar-refractivity contribution in [2.75, 3.05) is 31.5 Å². The average molecular weight is 420 g/mol. The molecule has 160 valence electrons. The van der Waals surface area contributed by atoms with Gasteiger partial charge in [-0.25, -0.2) is 9.18 Å². The Morgan fingerprint density at radius 2 is 1.61 bits per heavy atom. The van der Waals surface area contributed by atoms with Crippen LogP contribution in [-0.4, -0.2) is 52.9 Å². The predicted molar refractivity (Wildman–Crippen MR) is 118 cm³/mol. The highest BCUT2D eigenvalue weighted by Crippen LogP contribution is 2.23. The van der Waals surface area contributed by atoms with Gasteiger partial charge in [0.15, 0.2) is 0 Å². The second kappa shape index (κ2) is 8.71. The van der Waals surface area contributed by atoms with Gasteiger partial charge in [-0.1, -0.05) is 18.2 Å². The Kier molecular flexibility index (Phi) is 5.84. The fraction of sp³-hybridized carbons (Fsp3) is 0.292. The zero-order chi connectivity index (χ0) is 22.0. The van der Waals surface area contributed by atoms with Crippen LogP contribution in [0.1, 0.15) is 16.8 Å². The van der Waals surface area contributed by atoms with Crippen LogP contribution in [0, 0.1) is 19.7 Å². The van der Waals surface area contributed by atoms with E-state index in [0.717, 1.165) is 27.7 Å². The molecule has 1 N–H and O–H groups in total. The SMILES string of the molecule is Cc1nc2ccccc2c(C)c1CC(=O)N1CCN(C(=O)Nc2ccc(F)cc2)CC1. The number of amides is 3. The van der Waals surface area contributed by atoms with Crippen molar-refractivity contribution in [1.82, 2.24) is 14.8 Å². The van der Waals surface area contributed by atoms with Gasteiger partial charge in [-0.2, -0.15) is 0 Å². The number of piperazine rings is 1. The molecule has 0 bridgehead atoms. The Morgan fingerprint density at radius 3 is 2.32 bits per heavy atom. The Labute approximate surface area is 180 Å². The molecular formula is C24H25FN4O2. The first-order valence-corrected chi connectivity index (χ1v) is 10.4. The van der Waals surface area contributed by atoms with E-state index < -0.39 is 0 Å². The lowest BCUT2D eigenvalue weighted by Gasteiger charge is -2.35. The number of carbonyl (C=O) groups is 2. The predicted octanol–water partition coefficient (Wildman–Crippen LogP) is 3.91. The Balaban J connectivity index is 1.37. The smallest absolute Gasteiger partial charge is 0.321 e. The molecule has 1 aromatic heterocycles. The van der Waals surface area contributed by atoms with Gasteiger partial charge in [0.1, 0.15) is 5.82 Å². The van der Waals surface area contributed by atoms with Crippen LogP contribution in [0.15, 0.2) is 48.5 Å². The van der Waals surface area contributed by atoms with E-state index in [9.17, 15) is 14.0 Å². The third-order valence-electron chi connectivity index (χ3n) is 5.83. The van der Waals surface area contributed by atoms with Crippen molar-refractivity contribution in [3.8, 4) is 0 Å². The van der Waals surface area contributed by atoms with Gasteiger partial charge < -0.3 is 15.1 Å². The number of urea groups is 1. The molecule has 0 unspecified atom stereocenters. The highest BCUT2D eigenvalue weighted by Gasteiger charge is 2.25. The summed E-state index contributed by atoms with van der Waals surface area (Å²) < 4.78 is 13.0. The lowest BCUT2D eigenvalue weighted by atomic mass is 9.99. The Morgan fingerprint density at radius 1 is 0.968 bits per heavy atom. The molecule has 1 aliphatic heterocycles. The van der Waals surface area contributed by atoms with Crippen molar-refractivity contribution >= 4 is 28.5 Å². The Hall–Kier alpha value is -3.48. The first kappa shape index (κ1) is 20.8. The fourth-order valence-corrected chi connectivity index (χ4v) is 3.99. The average Bonchev–Trinajstić information content (AvgIpc) is 2.78. The summed E-state index contributed by atoms with van der Waals surface area (Å²) in [5.41, 5.74) is 4.42. The summed E-state index contributed by atoms with van der Waals surface area (Å²) in [6.07, 6.45) is 0.303. The number of para-hydroxylation sites is 1. The van der Waals surface area contributed by atoms with Crippen LogP contribution < -0.4 is 5.32 Å². The van der Waals surface area contributed by atoms with Gasteiger partial charge in [0, 0.05) is 42.9 Å². The number of hydrogen-bond acceptors (Lipinski definition) is 3. The van der Waals surface area contributed by atoms with Crippen LogP contribution in [0.25, 0.3) is 10.9 Å². The summed E-state index contributed by atoms with van der Waals surface area (Å²) in [4.78, 5) is 33.5. The lowest BCUT2D eigenvalue weighted by molar-refractivity contribution is -0.131. The summed E-state index contributed by atoms with van der Waals surface area (Å²) >= 11 is 0. The summed E-state index contributed by atoms with van der Waals surface area (Å²) in [6.45, 7) is 5.85. The zero-order valence-electron chi connectivity index (χ0n) is 17.7. The number of anilines is 1. The number of nitrogens with zero attached hydrogens (tertiary/aromatic N) is 3. The van der Waals surface area contributed by atoms with Crippen LogP contribution in [0.4, 0.5) is 14.9 Å². The number of rotatable bonds is 3. The molecule has 3 amide bonds. The summed E-state index contributed by atoms with van der Waals surface area (Å²) in [7, 11) is 0. The van der Waals surface area contributed by atoms with Crippen LogP contribution in [0.5, 0.6) is 0 Å². The minimum atomic E-state index is -0.350. The maximum absolute atomic E-state index is 13.0. The number of nitrogens with one attached hydrogen (secondary N) is 1. The van der Waals surface area contributed by atoms with E-state index in [4.69, 9.17) is 0 Å². The molecular weight excluding hydrogens is 395 g/mol. The van der Waals surface area contributed by atoms with Gasteiger partial charge in [-0.05, 0) is 55.3 Å². The number of halogens is 1. The number of benzene rings is 2. The molecule has 3 aromatic rings. The van der Waals surface area contributed by atoms with Gasteiger partial charge in [0.05, 0.1) is 11.9 Å². The molecule has 0 aliphatic carbocycles. The molecule has 7 heteroatoms. The highest BCUT2D eigenvalue weighted by molar-refractivity contribution is 5.90. The second-order valence-corrected chi connectivity index (χ2v) is 7.80. The highest BCUT2D eigenvalue weighted by atomic mass is 19.1. The molecule has 0 atom stereocenters. The maximum atomic E-state index is 13.0. The molecule has 0 radical (unpaired) electrons. The van der Waals surface area contributed by atoms with Gasteiger partial charge in [-0.15, -0.1) is 0 Å². The number of pyridine rings is 1. The van der Waals surface area contributed by atoms with Gasteiger partial charge >= 0.3 is 6.03 Å². The topological polar surface area (TPSA) is 65.5 Å². The van der Waals surface area contributed by atoms with E-state index in [1.165, 1.54) is 24.3 Å². The van der Waals surface area contributed by atoms with E-state index in [0.29, 0.717) is 38.3 Å². The van der Waals surface area contributed by atoms with Crippen LogP contribution in [0.2, 0.25) is 0 Å². The number of fused-ring (bicyclic) bond motifs is 1. The first-order chi connectivity index (χ1) is 14.9. The maximum Gasteiger partial charge on any atom is 0.321 e.